The molecule has 0 radical (unpaired) electrons. The van der Waals surface area contributed by atoms with E-state index >= 15 is 0 Å². The van der Waals surface area contributed by atoms with Gasteiger partial charge in [-0.05, 0) is 19.8 Å². The first-order valence-electron chi connectivity index (χ1n) is 8.41. The minimum atomic E-state index is -0.416. The Morgan fingerprint density at radius 1 is 1.24 bits per heavy atom. The molecule has 1 saturated heterocycles. The minimum Gasteiger partial charge on any atom is -0.389 e. The molecule has 2 fully saturated rings. The largest absolute Gasteiger partial charge is 0.389 e. The average molecular weight is 300 g/mol. The Labute approximate surface area is 129 Å². The zero-order chi connectivity index (χ0) is 15.1. The number of ether oxygens (including phenoxy) is 2. The predicted octanol–water partition coefficient (Wildman–Crippen LogP) is 1.01. The summed E-state index contributed by atoms with van der Waals surface area (Å²) < 4.78 is 10.7. The second kappa shape index (κ2) is 8.44. The van der Waals surface area contributed by atoms with Crippen molar-refractivity contribution in [3.63, 3.8) is 0 Å². The third kappa shape index (κ3) is 4.89. The van der Waals surface area contributed by atoms with Crippen LogP contribution in [-0.2, 0) is 9.47 Å². The van der Waals surface area contributed by atoms with Gasteiger partial charge in [0.05, 0.1) is 25.4 Å². The zero-order valence-corrected chi connectivity index (χ0v) is 13.6. The van der Waals surface area contributed by atoms with Gasteiger partial charge in [-0.15, -0.1) is 0 Å². The van der Waals surface area contributed by atoms with Gasteiger partial charge in [0.2, 0.25) is 0 Å². The molecule has 124 valence electrons. The summed E-state index contributed by atoms with van der Waals surface area (Å²) in [5.74, 6) is 0. The maximum Gasteiger partial charge on any atom is 0.0900 e. The van der Waals surface area contributed by atoms with E-state index in [2.05, 4.69) is 10.2 Å². The molecule has 2 unspecified atom stereocenters. The van der Waals surface area contributed by atoms with Crippen LogP contribution in [-0.4, -0.2) is 74.3 Å². The van der Waals surface area contributed by atoms with Gasteiger partial charge < -0.3 is 19.9 Å². The van der Waals surface area contributed by atoms with Crippen molar-refractivity contribution in [1.82, 2.24) is 10.2 Å². The summed E-state index contributed by atoms with van der Waals surface area (Å²) in [7, 11) is 1.67. The van der Waals surface area contributed by atoms with Crippen molar-refractivity contribution < 1.29 is 14.6 Å². The molecule has 21 heavy (non-hydrogen) atoms. The van der Waals surface area contributed by atoms with E-state index in [1.54, 1.807) is 7.11 Å². The monoisotopic (exact) mass is 300 g/mol. The summed E-state index contributed by atoms with van der Waals surface area (Å²) in [6.07, 6.45) is 6.13. The third-order valence-corrected chi connectivity index (χ3v) is 4.87. The van der Waals surface area contributed by atoms with E-state index in [9.17, 15) is 5.11 Å². The quantitative estimate of drug-likeness (QED) is 0.735. The maximum atomic E-state index is 10.3. The molecule has 1 aliphatic carbocycles. The van der Waals surface area contributed by atoms with E-state index < -0.39 is 6.10 Å². The fraction of sp³-hybridized carbons (Fsp3) is 1.00. The molecular weight excluding hydrogens is 268 g/mol. The Morgan fingerprint density at radius 2 is 2.00 bits per heavy atom. The van der Waals surface area contributed by atoms with Crippen molar-refractivity contribution >= 4 is 0 Å². The van der Waals surface area contributed by atoms with Crippen LogP contribution in [0.3, 0.4) is 0 Å². The van der Waals surface area contributed by atoms with Gasteiger partial charge in [-0.2, -0.15) is 0 Å². The number of hydrogen-bond donors (Lipinski definition) is 2. The molecule has 0 aromatic heterocycles. The molecule has 1 heterocycles. The van der Waals surface area contributed by atoms with Crippen molar-refractivity contribution in [3.8, 4) is 0 Å². The molecule has 0 aromatic carbocycles. The number of piperazine rings is 1. The molecule has 2 N–H and O–H groups in total. The van der Waals surface area contributed by atoms with Crippen LogP contribution in [0.15, 0.2) is 0 Å². The molecule has 1 saturated carbocycles. The topological polar surface area (TPSA) is 54.0 Å². The highest BCUT2D eigenvalue weighted by molar-refractivity contribution is 4.98. The number of hydrogen-bond acceptors (Lipinski definition) is 5. The van der Waals surface area contributed by atoms with Crippen molar-refractivity contribution in [2.45, 2.75) is 56.8 Å². The van der Waals surface area contributed by atoms with Crippen LogP contribution in [0, 0.1) is 0 Å². The lowest BCUT2D eigenvalue weighted by atomic mass is 9.79. The number of rotatable bonds is 7. The standard InChI is InChI=1S/C16H32N2O3/c1-14(11-20-2)21-12-15(19)10-18-9-8-17-13-16(18)6-4-3-5-7-16/h14-15,17,19H,3-13H2,1-2H3. The van der Waals surface area contributed by atoms with Crippen molar-refractivity contribution in [3.05, 3.63) is 0 Å². The highest BCUT2D eigenvalue weighted by Crippen LogP contribution is 2.34. The van der Waals surface area contributed by atoms with E-state index in [0.717, 1.165) is 26.2 Å². The van der Waals surface area contributed by atoms with Gasteiger partial charge in [0, 0.05) is 38.8 Å². The molecule has 5 nitrogen and oxygen atoms in total. The fourth-order valence-electron chi connectivity index (χ4n) is 3.74. The predicted molar refractivity (Wildman–Crippen MR) is 83.6 cm³/mol. The van der Waals surface area contributed by atoms with E-state index in [1.165, 1.54) is 32.1 Å². The Hall–Kier alpha value is -0.200. The summed E-state index contributed by atoms with van der Waals surface area (Å²) in [5.41, 5.74) is 0.273. The summed E-state index contributed by atoms with van der Waals surface area (Å²) in [4.78, 5) is 2.51. The molecule has 0 bridgehead atoms. The number of nitrogens with zero attached hydrogens (tertiary/aromatic N) is 1. The Bertz CT molecular complexity index is 287. The van der Waals surface area contributed by atoms with Crippen LogP contribution in [0.2, 0.25) is 0 Å². The molecule has 2 atom stereocenters. The second-order valence-corrected chi connectivity index (χ2v) is 6.66. The number of aliphatic hydroxyl groups is 1. The summed E-state index contributed by atoms with van der Waals surface area (Å²) in [6, 6.07) is 0. The first-order valence-corrected chi connectivity index (χ1v) is 8.41. The smallest absolute Gasteiger partial charge is 0.0900 e. The first-order chi connectivity index (χ1) is 10.2. The first kappa shape index (κ1) is 17.2. The third-order valence-electron chi connectivity index (χ3n) is 4.87. The van der Waals surface area contributed by atoms with Gasteiger partial charge in [-0.3, -0.25) is 4.90 Å². The van der Waals surface area contributed by atoms with Crippen molar-refractivity contribution in [1.29, 1.82) is 0 Å². The molecule has 1 spiro atoms. The molecule has 2 rings (SSSR count). The zero-order valence-electron chi connectivity index (χ0n) is 13.6. The van der Waals surface area contributed by atoms with Crippen LogP contribution in [0.5, 0.6) is 0 Å². The van der Waals surface area contributed by atoms with Gasteiger partial charge in [-0.25, -0.2) is 0 Å². The Kier molecular flexibility index (Phi) is 6.89. The molecule has 5 heteroatoms. The molecule has 1 aliphatic heterocycles. The van der Waals surface area contributed by atoms with E-state index in [-0.39, 0.29) is 11.6 Å². The summed E-state index contributed by atoms with van der Waals surface area (Å²) >= 11 is 0. The van der Waals surface area contributed by atoms with Crippen LogP contribution in [0.1, 0.15) is 39.0 Å². The fourth-order valence-corrected chi connectivity index (χ4v) is 3.74. The summed E-state index contributed by atoms with van der Waals surface area (Å²) in [5, 5.41) is 13.8. The second-order valence-electron chi connectivity index (χ2n) is 6.66. The maximum absolute atomic E-state index is 10.3. The van der Waals surface area contributed by atoms with Gasteiger partial charge in [0.1, 0.15) is 0 Å². The van der Waals surface area contributed by atoms with E-state index in [4.69, 9.17) is 9.47 Å². The molecular formula is C16H32N2O3. The Morgan fingerprint density at radius 3 is 2.71 bits per heavy atom. The molecule has 2 aliphatic rings. The van der Waals surface area contributed by atoms with Crippen LogP contribution >= 0.6 is 0 Å². The van der Waals surface area contributed by atoms with Crippen LogP contribution in [0.4, 0.5) is 0 Å². The summed E-state index contributed by atoms with van der Waals surface area (Å²) in [6.45, 7) is 6.79. The lowest BCUT2D eigenvalue weighted by molar-refractivity contribution is -0.0600. The highest BCUT2D eigenvalue weighted by Gasteiger charge is 2.40. The minimum absolute atomic E-state index is 0.0383. The highest BCUT2D eigenvalue weighted by atomic mass is 16.5. The van der Waals surface area contributed by atoms with E-state index in [0.29, 0.717) is 13.2 Å². The molecule has 0 amide bonds. The normalized spacial score (nSPS) is 25.9. The SMILES string of the molecule is COCC(C)OCC(O)CN1CCNCC12CCCCC2. The lowest BCUT2D eigenvalue weighted by Gasteiger charge is -2.50. The number of nitrogens with one attached hydrogen (secondary N) is 1. The van der Waals surface area contributed by atoms with Crippen LogP contribution in [0.25, 0.3) is 0 Å². The number of aliphatic hydroxyl groups excluding tert-OH is 1. The number of methoxy groups -OCH3 is 1. The van der Waals surface area contributed by atoms with Crippen molar-refractivity contribution in [2.75, 3.05) is 46.5 Å². The number of β-amino-alcohol motifs (C(OH)–C–C–N with tert-alkyl or cyclic N) is 1. The average Bonchev–Trinajstić information content (AvgIpc) is 2.49. The molecule has 0 aromatic rings. The van der Waals surface area contributed by atoms with Gasteiger partial charge in [0.25, 0.3) is 0 Å². The van der Waals surface area contributed by atoms with Gasteiger partial charge >= 0.3 is 0 Å². The van der Waals surface area contributed by atoms with E-state index in [1.807, 2.05) is 6.92 Å². The lowest BCUT2D eigenvalue weighted by Crippen LogP contribution is -2.63. The van der Waals surface area contributed by atoms with Crippen molar-refractivity contribution in [2.24, 2.45) is 0 Å². The van der Waals surface area contributed by atoms with Gasteiger partial charge in [0.15, 0.2) is 0 Å². The Balaban J connectivity index is 1.81. The van der Waals surface area contributed by atoms with Gasteiger partial charge in [-0.1, -0.05) is 19.3 Å². The van der Waals surface area contributed by atoms with Crippen LogP contribution < -0.4 is 5.32 Å².